The van der Waals surface area contributed by atoms with Crippen molar-refractivity contribution < 1.29 is 9.53 Å². The van der Waals surface area contributed by atoms with E-state index in [9.17, 15) is 4.79 Å². The van der Waals surface area contributed by atoms with Crippen LogP contribution in [0.15, 0.2) is 24.3 Å². The standard InChI is InChI=1S/C17H25N3O2/c1-22-16-4-2-3-13(9-16)10-18-17(21)12-20-8-7-14-5-6-15(11-20)19-14/h2-4,9,14-15,19H,5-8,10-12H2,1H3,(H,18,21). The number of benzene rings is 1. The summed E-state index contributed by atoms with van der Waals surface area (Å²) < 4.78 is 5.20. The number of nitrogens with zero attached hydrogens (tertiary/aromatic N) is 1. The number of hydrogen-bond acceptors (Lipinski definition) is 4. The zero-order valence-corrected chi connectivity index (χ0v) is 13.2. The van der Waals surface area contributed by atoms with Gasteiger partial charge in [0.15, 0.2) is 0 Å². The molecular weight excluding hydrogens is 278 g/mol. The number of fused-ring (bicyclic) bond motifs is 2. The van der Waals surface area contributed by atoms with Crippen molar-refractivity contribution in [3.63, 3.8) is 0 Å². The molecule has 2 fully saturated rings. The molecular formula is C17H25N3O2. The van der Waals surface area contributed by atoms with Gasteiger partial charge in [-0.25, -0.2) is 0 Å². The number of methoxy groups -OCH3 is 1. The molecule has 2 unspecified atom stereocenters. The van der Waals surface area contributed by atoms with Crippen molar-refractivity contribution in [2.45, 2.75) is 37.9 Å². The zero-order valence-electron chi connectivity index (χ0n) is 13.2. The number of hydrogen-bond donors (Lipinski definition) is 2. The van der Waals surface area contributed by atoms with Crippen molar-refractivity contribution in [2.75, 3.05) is 26.7 Å². The molecule has 5 heteroatoms. The molecule has 0 radical (unpaired) electrons. The van der Waals surface area contributed by atoms with Gasteiger partial charge >= 0.3 is 0 Å². The van der Waals surface area contributed by atoms with Crippen LogP contribution in [-0.2, 0) is 11.3 Å². The Labute approximate surface area is 132 Å². The molecule has 5 nitrogen and oxygen atoms in total. The van der Waals surface area contributed by atoms with Gasteiger partial charge in [-0.05, 0) is 37.0 Å². The minimum atomic E-state index is 0.0978. The second kappa shape index (κ2) is 7.11. The van der Waals surface area contributed by atoms with Gasteiger partial charge in [-0.2, -0.15) is 0 Å². The predicted octanol–water partition coefficient (Wildman–Crippen LogP) is 1.14. The van der Waals surface area contributed by atoms with Crippen molar-refractivity contribution in [1.29, 1.82) is 0 Å². The third kappa shape index (κ3) is 3.99. The molecule has 120 valence electrons. The highest BCUT2D eigenvalue weighted by molar-refractivity contribution is 5.78. The molecule has 0 aromatic heterocycles. The molecule has 22 heavy (non-hydrogen) atoms. The Bertz CT molecular complexity index is 520. The minimum Gasteiger partial charge on any atom is -0.497 e. The van der Waals surface area contributed by atoms with E-state index in [0.717, 1.165) is 30.8 Å². The first-order chi connectivity index (χ1) is 10.7. The second-order valence-electron chi connectivity index (χ2n) is 6.29. The summed E-state index contributed by atoms with van der Waals surface area (Å²) in [5.74, 6) is 0.918. The Morgan fingerprint density at radius 1 is 1.36 bits per heavy atom. The number of carbonyl (C=O) groups excluding carboxylic acids is 1. The lowest BCUT2D eigenvalue weighted by Gasteiger charge is -2.23. The Balaban J connectivity index is 1.46. The number of amides is 1. The van der Waals surface area contributed by atoms with Crippen LogP contribution in [0.25, 0.3) is 0 Å². The highest BCUT2D eigenvalue weighted by Crippen LogP contribution is 2.20. The molecule has 1 aromatic carbocycles. The molecule has 2 aliphatic heterocycles. The topological polar surface area (TPSA) is 53.6 Å². The van der Waals surface area contributed by atoms with E-state index in [-0.39, 0.29) is 5.91 Å². The SMILES string of the molecule is COc1cccc(CNC(=O)CN2CCC3CCC(C2)N3)c1. The number of carbonyl (C=O) groups is 1. The average Bonchev–Trinajstić information content (AvgIpc) is 2.88. The molecule has 2 atom stereocenters. The summed E-state index contributed by atoms with van der Waals surface area (Å²) >= 11 is 0. The van der Waals surface area contributed by atoms with Gasteiger partial charge in [-0.3, -0.25) is 9.69 Å². The van der Waals surface area contributed by atoms with Crippen molar-refractivity contribution in [1.82, 2.24) is 15.5 Å². The van der Waals surface area contributed by atoms with Gasteiger partial charge in [0.25, 0.3) is 0 Å². The quantitative estimate of drug-likeness (QED) is 0.856. The van der Waals surface area contributed by atoms with Gasteiger partial charge in [-0.1, -0.05) is 12.1 Å². The normalized spacial score (nSPS) is 24.8. The molecule has 0 aliphatic carbocycles. The third-order valence-corrected chi connectivity index (χ3v) is 4.60. The second-order valence-corrected chi connectivity index (χ2v) is 6.29. The summed E-state index contributed by atoms with van der Waals surface area (Å²) in [6.07, 6.45) is 3.69. The van der Waals surface area contributed by atoms with Crippen LogP contribution in [0.4, 0.5) is 0 Å². The largest absolute Gasteiger partial charge is 0.497 e. The molecule has 0 spiro atoms. The lowest BCUT2D eigenvalue weighted by atomic mass is 10.1. The fraction of sp³-hybridized carbons (Fsp3) is 0.588. The first kappa shape index (κ1) is 15.3. The summed E-state index contributed by atoms with van der Waals surface area (Å²) in [6.45, 7) is 3.05. The molecule has 3 rings (SSSR count). The van der Waals surface area contributed by atoms with Crippen molar-refractivity contribution in [3.05, 3.63) is 29.8 Å². The first-order valence-corrected chi connectivity index (χ1v) is 8.11. The van der Waals surface area contributed by atoms with E-state index >= 15 is 0 Å². The summed E-state index contributed by atoms with van der Waals surface area (Å²) in [7, 11) is 1.65. The van der Waals surface area contributed by atoms with Gasteiger partial charge in [-0.15, -0.1) is 0 Å². The Morgan fingerprint density at radius 3 is 3.09 bits per heavy atom. The van der Waals surface area contributed by atoms with Crippen LogP contribution in [0.3, 0.4) is 0 Å². The molecule has 2 saturated heterocycles. The van der Waals surface area contributed by atoms with Crippen LogP contribution in [0.2, 0.25) is 0 Å². The average molecular weight is 303 g/mol. The molecule has 0 saturated carbocycles. The maximum atomic E-state index is 12.2. The van der Waals surface area contributed by atoms with E-state index in [2.05, 4.69) is 15.5 Å². The van der Waals surface area contributed by atoms with E-state index in [0.29, 0.717) is 25.2 Å². The van der Waals surface area contributed by atoms with Gasteiger partial charge < -0.3 is 15.4 Å². The monoisotopic (exact) mass is 303 g/mol. The fourth-order valence-corrected chi connectivity index (χ4v) is 3.40. The van der Waals surface area contributed by atoms with Crippen LogP contribution in [-0.4, -0.2) is 49.6 Å². The number of rotatable bonds is 5. The lowest BCUT2D eigenvalue weighted by molar-refractivity contribution is -0.122. The zero-order chi connectivity index (χ0) is 15.4. The van der Waals surface area contributed by atoms with Crippen molar-refractivity contribution in [2.24, 2.45) is 0 Å². The molecule has 2 bridgehead atoms. The van der Waals surface area contributed by atoms with Gasteiger partial charge in [0.2, 0.25) is 5.91 Å². The van der Waals surface area contributed by atoms with Crippen LogP contribution >= 0.6 is 0 Å². The molecule has 1 amide bonds. The number of likely N-dealkylation sites (tertiary alicyclic amines) is 1. The van der Waals surface area contributed by atoms with E-state index in [1.165, 1.54) is 12.8 Å². The number of ether oxygens (including phenoxy) is 1. The van der Waals surface area contributed by atoms with Crippen LogP contribution in [0.1, 0.15) is 24.8 Å². The maximum absolute atomic E-state index is 12.2. The van der Waals surface area contributed by atoms with Crippen LogP contribution in [0, 0.1) is 0 Å². The van der Waals surface area contributed by atoms with Crippen LogP contribution in [0.5, 0.6) is 5.75 Å². The van der Waals surface area contributed by atoms with Gasteiger partial charge in [0.1, 0.15) is 5.75 Å². The minimum absolute atomic E-state index is 0.0978. The summed E-state index contributed by atoms with van der Waals surface area (Å²) in [5.41, 5.74) is 1.06. The van der Waals surface area contributed by atoms with E-state index in [1.54, 1.807) is 7.11 Å². The maximum Gasteiger partial charge on any atom is 0.234 e. The Morgan fingerprint density at radius 2 is 2.23 bits per heavy atom. The summed E-state index contributed by atoms with van der Waals surface area (Å²) in [6, 6.07) is 9.03. The van der Waals surface area contributed by atoms with E-state index in [4.69, 9.17) is 4.74 Å². The molecule has 2 N–H and O–H groups in total. The molecule has 2 aliphatic rings. The number of nitrogens with one attached hydrogen (secondary N) is 2. The first-order valence-electron chi connectivity index (χ1n) is 8.11. The van der Waals surface area contributed by atoms with Crippen LogP contribution < -0.4 is 15.4 Å². The predicted molar refractivity (Wildman–Crippen MR) is 85.8 cm³/mol. The highest BCUT2D eigenvalue weighted by atomic mass is 16.5. The van der Waals surface area contributed by atoms with Gasteiger partial charge in [0, 0.05) is 31.7 Å². The third-order valence-electron chi connectivity index (χ3n) is 4.60. The van der Waals surface area contributed by atoms with E-state index in [1.807, 2.05) is 24.3 Å². The smallest absolute Gasteiger partial charge is 0.234 e. The Hall–Kier alpha value is -1.59. The Kier molecular flexibility index (Phi) is 4.95. The highest BCUT2D eigenvalue weighted by Gasteiger charge is 2.29. The van der Waals surface area contributed by atoms with Crippen molar-refractivity contribution in [3.8, 4) is 5.75 Å². The molecule has 2 heterocycles. The lowest BCUT2D eigenvalue weighted by Crippen LogP contribution is -2.41. The van der Waals surface area contributed by atoms with E-state index < -0.39 is 0 Å². The summed E-state index contributed by atoms with van der Waals surface area (Å²) in [5, 5.41) is 6.64. The fourth-order valence-electron chi connectivity index (χ4n) is 3.40. The summed E-state index contributed by atoms with van der Waals surface area (Å²) in [4.78, 5) is 14.4. The molecule has 1 aromatic rings. The van der Waals surface area contributed by atoms with Gasteiger partial charge in [0.05, 0.1) is 13.7 Å². The van der Waals surface area contributed by atoms with Crippen molar-refractivity contribution >= 4 is 5.91 Å².